The Morgan fingerprint density at radius 1 is 0.957 bits per heavy atom. The zero-order valence-electron chi connectivity index (χ0n) is 13.3. The number of nitriles is 1. The Balaban J connectivity index is 1.94. The van der Waals surface area contributed by atoms with Crippen molar-refractivity contribution < 1.29 is 0 Å². The van der Waals surface area contributed by atoms with Gasteiger partial charge in [0.05, 0.1) is 17.3 Å². The quantitative estimate of drug-likeness (QED) is 0.633. The van der Waals surface area contributed by atoms with Gasteiger partial charge >= 0.3 is 0 Å². The molecular weight excluding hydrogens is 284 g/mol. The fourth-order valence-electron chi connectivity index (χ4n) is 2.66. The van der Waals surface area contributed by atoms with Crippen LogP contribution < -0.4 is 0 Å². The van der Waals surface area contributed by atoms with E-state index in [0.29, 0.717) is 5.56 Å². The Hall–Kier alpha value is -2.64. The molecule has 3 rings (SSSR count). The lowest BCUT2D eigenvalue weighted by molar-refractivity contribution is 0.216. The van der Waals surface area contributed by atoms with Gasteiger partial charge in [-0.3, -0.25) is 0 Å². The van der Waals surface area contributed by atoms with Crippen LogP contribution >= 0.6 is 0 Å². The van der Waals surface area contributed by atoms with Crippen LogP contribution in [0.1, 0.15) is 11.1 Å². The van der Waals surface area contributed by atoms with E-state index in [0.717, 1.165) is 43.3 Å². The standard InChI is InChI=1S/C19H20N4/c1-22-11-13-23(14-12-22)19(17-5-3-2-4-6-17)21-18-9-7-16(15-20)8-10-18/h2-10H,11-14H2,1H3. The van der Waals surface area contributed by atoms with Crippen molar-refractivity contribution in [1.29, 1.82) is 5.26 Å². The van der Waals surface area contributed by atoms with Crippen LogP contribution in [0.3, 0.4) is 0 Å². The van der Waals surface area contributed by atoms with E-state index in [1.807, 2.05) is 42.5 Å². The molecule has 2 aromatic carbocycles. The molecule has 23 heavy (non-hydrogen) atoms. The molecule has 0 unspecified atom stereocenters. The Labute approximate surface area is 137 Å². The summed E-state index contributed by atoms with van der Waals surface area (Å²) in [4.78, 5) is 9.54. The molecule has 0 atom stereocenters. The Bertz CT molecular complexity index is 705. The van der Waals surface area contributed by atoms with Gasteiger partial charge in [-0.1, -0.05) is 30.3 Å². The van der Waals surface area contributed by atoms with E-state index in [2.05, 4.69) is 35.0 Å². The van der Waals surface area contributed by atoms with Crippen LogP contribution in [0.25, 0.3) is 0 Å². The summed E-state index contributed by atoms with van der Waals surface area (Å²) < 4.78 is 0. The first-order valence-corrected chi connectivity index (χ1v) is 7.84. The molecule has 0 bridgehead atoms. The average molecular weight is 304 g/mol. The molecule has 1 saturated heterocycles. The number of likely N-dealkylation sites (N-methyl/N-ethyl adjacent to an activating group) is 1. The number of nitrogens with zero attached hydrogens (tertiary/aromatic N) is 4. The highest BCUT2D eigenvalue weighted by molar-refractivity contribution is 6.00. The summed E-state index contributed by atoms with van der Waals surface area (Å²) in [5.74, 6) is 1.00. The second-order valence-electron chi connectivity index (χ2n) is 5.75. The lowest BCUT2D eigenvalue weighted by Crippen LogP contribution is -2.47. The van der Waals surface area contributed by atoms with E-state index in [1.54, 1.807) is 0 Å². The van der Waals surface area contributed by atoms with Crippen LogP contribution in [0.2, 0.25) is 0 Å². The van der Waals surface area contributed by atoms with Crippen LogP contribution in [0.4, 0.5) is 5.69 Å². The van der Waals surface area contributed by atoms with Crippen molar-refractivity contribution in [2.75, 3.05) is 33.2 Å². The molecule has 4 nitrogen and oxygen atoms in total. The molecular formula is C19H20N4. The van der Waals surface area contributed by atoms with Crippen LogP contribution in [0.5, 0.6) is 0 Å². The highest BCUT2D eigenvalue weighted by Crippen LogP contribution is 2.17. The maximum atomic E-state index is 8.92. The molecule has 0 aliphatic carbocycles. The maximum absolute atomic E-state index is 8.92. The second-order valence-corrected chi connectivity index (χ2v) is 5.75. The van der Waals surface area contributed by atoms with Crippen LogP contribution in [0, 0.1) is 11.3 Å². The first-order chi connectivity index (χ1) is 11.3. The Kier molecular flexibility index (Phi) is 4.70. The number of piperazine rings is 1. The monoisotopic (exact) mass is 304 g/mol. The minimum atomic E-state index is 0.657. The fraction of sp³-hybridized carbons (Fsp3) is 0.263. The third-order valence-electron chi connectivity index (χ3n) is 4.07. The fourth-order valence-corrected chi connectivity index (χ4v) is 2.66. The smallest absolute Gasteiger partial charge is 0.136 e. The molecule has 0 radical (unpaired) electrons. The van der Waals surface area contributed by atoms with E-state index in [9.17, 15) is 0 Å². The lowest BCUT2D eigenvalue weighted by Gasteiger charge is -2.34. The summed E-state index contributed by atoms with van der Waals surface area (Å²) in [7, 11) is 2.15. The van der Waals surface area contributed by atoms with Crippen molar-refractivity contribution in [2.24, 2.45) is 4.99 Å². The summed E-state index contributed by atoms with van der Waals surface area (Å²) in [5.41, 5.74) is 2.66. The van der Waals surface area contributed by atoms with E-state index < -0.39 is 0 Å². The number of benzene rings is 2. The molecule has 0 aromatic heterocycles. The van der Waals surface area contributed by atoms with E-state index >= 15 is 0 Å². The summed E-state index contributed by atoms with van der Waals surface area (Å²) in [6, 6.07) is 19.9. The number of aliphatic imine (C=N–C) groups is 1. The number of rotatable bonds is 2. The summed E-state index contributed by atoms with van der Waals surface area (Å²) >= 11 is 0. The maximum Gasteiger partial charge on any atom is 0.136 e. The summed E-state index contributed by atoms with van der Waals surface area (Å²) in [5, 5.41) is 8.92. The number of amidine groups is 1. The SMILES string of the molecule is CN1CCN(C(=Nc2ccc(C#N)cc2)c2ccccc2)CC1. The number of hydrogen-bond donors (Lipinski definition) is 0. The molecule has 116 valence electrons. The van der Waals surface area contributed by atoms with Gasteiger partial charge in [0.2, 0.25) is 0 Å². The summed E-state index contributed by atoms with van der Waals surface area (Å²) in [6.07, 6.45) is 0. The molecule has 1 aliphatic heterocycles. The molecule has 0 saturated carbocycles. The van der Waals surface area contributed by atoms with Gasteiger partial charge < -0.3 is 9.80 Å². The number of hydrogen-bond acceptors (Lipinski definition) is 3. The van der Waals surface area contributed by atoms with E-state index in [1.165, 1.54) is 0 Å². The van der Waals surface area contributed by atoms with Crippen molar-refractivity contribution in [1.82, 2.24) is 9.80 Å². The minimum Gasteiger partial charge on any atom is -0.354 e. The Morgan fingerprint density at radius 3 is 2.22 bits per heavy atom. The molecule has 0 amide bonds. The highest BCUT2D eigenvalue weighted by atomic mass is 15.3. The van der Waals surface area contributed by atoms with Gasteiger partial charge in [-0.15, -0.1) is 0 Å². The molecule has 1 heterocycles. The zero-order chi connectivity index (χ0) is 16.1. The largest absolute Gasteiger partial charge is 0.354 e. The van der Waals surface area contributed by atoms with Crippen LogP contribution in [-0.2, 0) is 0 Å². The van der Waals surface area contributed by atoms with Crippen LogP contribution in [0.15, 0.2) is 59.6 Å². The third-order valence-corrected chi connectivity index (χ3v) is 4.07. The predicted molar refractivity (Wildman–Crippen MR) is 92.9 cm³/mol. The normalized spacial score (nSPS) is 16.2. The highest BCUT2D eigenvalue weighted by Gasteiger charge is 2.18. The lowest BCUT2D eigenvalue weighted by atomic mass is 10.1. The second kappa shape index (κ2) is 7.08. The first kappa shape index (κ1) is 15.3. The molecule has 1 aliphatic rings. The molecule has 0 spiro atoms. The topological polar surface area (TPSA) is 42.6 Å². The average Bonchev–Trinajstić information content (AvgIpc) is 2.62. The minimum absolute atomic E-state index is 0.657. The van der Waals surface area contributed by atoms with E-state index in [4.69, 9.17) is 10.3 Å². The van der Waals surface area contributed by atoms with Crippen molar-refractivity contribution >= 4 is 11.5 Å². The van der Waals surface area contributed by atoms with Gasteiger partial charge in [0.1, 0.15) is 5.84 Å². The van der Waals surface area contributed by atoms with Crippen molar-refractivity contribution in [2.45, 2.75) is 0 Å². The van der Waals surface area contributed by atoms with Gasteiger partial charge in [-0.2, -0.15) is 5.26 Å². The first-order valence-electron chi connectivity index (χ1n) is 7.84. The van der Waals surface area contributed by atoms with Gasteiger partial charge in [0.15, 0.2) is 0 Å². The Morgan fingerprint density at radius 2 is 1.61 bits per heavy atom. The van der Waals surface area contributed by atoms with Gasteiger partial charge in [0, 0.05) is 31.7 Å². The predicted octanol–water partition coefficient (Wildman–Crippen LogP) is 2.88. The molecule has 2 aromatic rings. The van der Waals surface area contributed by atoms with Gasteiger partial charge in [-0.25, -0.2) is 4.99 Å². The zero-order valence-corrected chi connectivity index (χ0v) is 13.3. The van der Waals surface area contributed by atoms with Crippen molar-refractivity contribution in [3.8, 4) is 6.07 Å². The summed E-state index contributed by atoms with van der Waals surface area (Å²) in [6.45, 7) is 4.03. The van der Waals surface area contributed by atoms with Crippen molar-refractivity contribution in [3.05, 3.63) is 65.7 Å². The third kappa shape index (κ3) is 3.77. The van der Waals surface area contributed by atoms with Crippen molar-refractivity contribution in [3.63, 3.8) is 0 Å². The van der Waals surface area contributed by atoms with Crippen LogP contribution in [-0.4, -0.2) is 48.9 Å². The molecule has 4 heteroatoms. The molecule has 0 N–H and O–H groups in total. The molecule has 1 fully saturated rings. The van der Waals surface area contributed by atoms with Gasteiger partial charge in [0.25, 0.3) is 0 Å². The van der Waals surface area contributed by atoms with E-state index in [-0.39, 0.29) is 0 Å². The van der Waals surface area contributed by atoms with Gasteiger partial charge in [-0.05, 0) is 31.3 Å².